The van der Waals surface area contributed by atoms with Gasteiger partial charge in [0.1, 0.15) is 0 Å². The summed E-state index contributed by atoms with van der Waals surface area (Å²) in [6.07, 6.45) is 1.57. The summed E-state index contributed by atoms with van der Waals surface area (Å²) >= 11 is 0. The number of sulfonamides is 1. The smallest absolute Gasteiger partial charge is 0.232 e. The molecule has 1 amide bonds. The second-order valence-corrected chi connectivity index (χ2v) is 6.69. The average Bonchev–Trinajstić information content (AvgIpc) is 2.35. The van der Waals surface area contributed by atoms with Crippen LogP contribution in [0.4, 0.5) is 5.69 Å². The minimum Gasteiger partial charge on any atom is -0.354 e. The number of amides is 1. The molecule has 1 aromatic carbocycles. The van der Waals surface area contributed by atoms with Gasteiger partial charge in [-0.1, -0.05) is 25.1 Å². The Balaban J connectivity index is 3.00. The quantitative estimate of drug-likeness (QED) is 0.867. The fraction of sp³-hybridized carbons (Fsp3) is 0.500. The molecule has 1 rings (SSSR count). The van der Waals surface area contributed by atoms with Crippen LogP contribution in [0.3, 0.4) is 0 Å². The largest absolute Gasteiger partial charge is 0.354 e. The lowest BCUT2D eigenvalue weighted by molar-refractivity contribution is -0.120. The van der Waals surface area contributed by atoms with Crippen molar-refractivity contribution in [3.8, 4) is 0 Å². The Hall–Kier alpha value is -1.56. The summed E-state index contributed by atoms with van der Waals surface area (Å²) in [7, 11) is -3.39. The van der Waals surface area contributed by atoms with Crippen molar-refractivity contribution in [2.75, 3.05) is 23.7 Å². The number of nitrogens with one attached hydrogen (secondary N) is 1. The number of hydrogen-bond acceptors (Lipinski definition) is 3. The zero-order valence-electron chi connectivity index (χ0n) is 12.4. The van der Waals surface area contributed by atoms with Crippen molar-refractivity contribution in [3.05, 3.63) is 29.3 Å². The van der Waals surface area contributed by atoms with Crippen molar-refractivity contribution in [2.24, 2.45) is 0 Å². The van der Waals surface area contributed by atoms with E-state index in [0.29, 0.717) is 18.7 Å². The molecule has 0 saturated carbocycles. The van der Waals surface area contributed by atoms with Crippen molar-refractivity contribution >= 4 is 21.6 Å². The van der Waals surface area contributed by atoms with Gasteiger partial charge < -0.3 is 5.32 Å². The first-order chi connectivity index (χ1) is 9.27. The lowest BCUT2D eigenvalue weighted by atomic mass is 10.1. The zero-order valence-corrected chi connectivity index (χ0v) is 13.3. The van der Waals surface area contributed by atoms with E-state index >= 15 is 0 Å². The van der Waals surface area contributed by atoms with E-state index in [2.05, 4.69) is 5.32 Å². The van der Waals surface area contributed by atoms with Gasteiger partial charge in [-0.3, -0.25) is 9.10 Å². The van der Waals surface area contributed by atoms with Crippen LogP contribution in [0.15, 0.2) is 18.2 Å². The summed E-state index contributed by atoms with van der Waals surface area (Å²) in [5.41, 5.74) is 2.50. The Labute approximate surface area is 121 Å². The van der Waals surface area contributed by atoms with Crippen molar-refractivity contribution in [3.63, 3.8) is 0 Å². The molecule has 0 aromatic heterocycles. The highest BCUT2D eigenvalue weighted by molar-refractivity contribution is 7.92. The fourth-order valence-corrected chi connectivity index (χ4v) is 3.11. The highest BCUT2D eigenvalue weighted by atomic mass is 32.2. The molecule has 0 atom stereocenters. The highest BCUT2D eigenvalue weighted by Crippen LogP contribution is 2.26. The zero-order chi connectivity index (χ0) is 15.3. The van der Waals surface area contributed by atoms with Gasteiger partial charge in [0, 0.05) is 13.0 Å². The van der Waals surface area contributed by atoms with E-state index in [0.717, 1.165) is 11.1 Å². The molecule has 5 nitrogen and oxygen atoms in total. The van der Waals surface area contributed by atoms with Crippen LogP contribution >= 0.6 is 0 Å². The van der Waals surface area contributed by atoms with Crippen molar-refractivity contribution in [1.82, 2.24) is 5.32 Å². The number of nitrogens with zero attached hydrogens (tertiary/aromatic N) is 1. The molecular weight excluding hydrogens is 276 g/mol. The first-order valence-corrected chi connectivity index (χ1v) is 8.42. The van der Waals surface area contributed by atoms with Crippen LogP contribution in [0.1, 0.15) is 24.5 Å². The van der Waals surface area contributed by atoms with E-state index in [1.807, 2.05) is 32.0 Å². The molecule has 0 aliphatic rings. The summed E-state index contributed by atoms with van der Waals surface area (Å²) in [6.45, 7) is 6.05. The Morgan fingerprint density at radius 2 is 1.80 bits per heavy atom. The Kier molecular flexibility index (Phi) is 5.56. The van der Waals surface area contributed by atoms with Crippen LogP contribution in [-0.2, 0) is 14.8 Å². The van der Waals surface area contributed by atoms with Gasteiger partial charge in [-0.15, -0.1) is 0 Å². The van der Waals surface area contributed by atoms with Gasteiger partial charge in [-0.2, -0.15) is 0 Å². The number of anilines is 1. The molecule has 0 aliphatic carbocycles. The van der Waals surface area contributed by atoms with Crippen molar-refractivity contribution in [1.29, 1.82) is 0 Å². The van der Waals surface area contributed by atoms with E-state index in [4.69, 9.17) is 0 Å². The molecule has 0 fully saturated rings. The summed E-state index contributed by atoms with van der Waals surface area (Å²) in [5, 5.41) is 2.70. The molecule has 0 spiro atoms. The van der Waals surface area contributed by atoms with Crippen molar-refractivity contribution < 1.29 is 13.2 Å². The fourth-order valence-electron chi connectivity index (χ4n) is 2.06. The average molecular weight is 298 g/mol. The van der Waals surface area contributed by atoms with Crippen LogP contribution < -0.4 is 9.62 Å². The van der Waals surface area contributed by atoms with Crippen LogP contribution in [0.2, 0.25) is 0 Å². The van der Waals surface area contributed by atoms with E-state index in [1.165, 1.54) is 10.6 Å². The van der Waals surface area contributed by atoms with E-state index < -0.39 is 10.0 Å². The molecule has 0 bridgehead atoms. The third kappa shape index (κ3) is 4.23. The summed E-state index contributed by atoms with van der Waals surface area (Å²) in [6, 6.07) is 5.66. The van der Waals surface area contributed by atoms with Crippen LogP contribution in [-0.4, -0.2) is 33.7 Å². The predicted octanol–water partition coefficient (Wildman–Crippen LogP) is 1.60. The maximum atomic E-state index is 12.0. The van der Waals surface area contributed by atoms with Crippen LogP contribution in [0, 0.1) is 13.8 Å². The van der Waals surface area contributed by atoms with E-state index in [1.54, 1.807) is 6.92 Å². The minimum atomic E-state index is -3.39. The third-order valence-corrected chi connectivity index (χ3v) is 4.21. The molecule has 0 saturated heterocycles. The van der Waals surface area contributed by atoms with Crippen LogP contribution in [0.5, 0.6) is 0 Å². The number of benzene rings is 1. The lowest BCUT2D eigenvalue weighted by Crippen LogP contribution is -2.38. The first-order valence-electron chi connectivity index (χ1n) is 6.58. The number of carbonyl (C=O) groups excluding carboxylic acids is 1. The van der Waals surface area contributed by atoms with Gasteiger partial charge in [-0.25, -0.2) is 8.42 Å². The van der Waals surface area contributed by atoms with Crippen LogP contribution in [0.25, 0.3) is 0 Å². The summed E-state index contributed by atoms with van der Waals surface area (Å²) < 4.78 is 25.3. The maximum absolute atomic E-state index is 12.0. The molecule has 0 aliphatic heterocycles. The number of aryl methyl sites for hydroxylation is 2. The normalized spacial score (nSPS) is 11.2. The Morgan fingerprint density at radius 3 is 2.25 bits per heavy atom. The number of rotatable bonds is 6. The highest BCUT2D eigenvalue weighted by Gasteiger charge is 2.20. The van der Waals surface area contributed by atoms with E-state index in [-0.39, 0.29) is 12.5 Å². The molecule has 112 valence electrons. The van der Waals surface area contributed by atoms with Gasteiger partial charge >= 0.3 is 0 Å². The van der Waals surface area contributed by atoms with Gasteiger partial charge in [0.15, 0.2) is 0 Å². The molecule has 1 N–H and O–H groups in total. The monoisotopic (exact) mass is 298 g/mol. The van der Waals surface area contributed by atoms with Gasteiger partial charge in [0.05, 0.1) is 18.5 Å². The molecule has 0 unspecified atom stereocenters. The molecule has 1 aromatic rings. The second kappa shape index (κ2) is 6.74. The van der Waals surface area contributed by atoms with Crippen molar-refractivity contribution in [2.45, 2.75) is 27.2 Å². The van der Waals surface area contributed by atoms with Gasteiger partial charge in [0.25, 0.3) is 0 Å². The van der Waals surface area contributed by atoms with Gasteiger partial charge in [-0.05, 0) is 25.0 Å². The minimum absolute atomic E-state index is 0.0834. The summed E-state index contributed by atoms with van der Waals surface area (Å²) in [4.78, 5) is 11.2. The van der Waals surface area contributed by atoms with E-state index in [9.17, 15) is 13.2 Å². The molecule has 6 heteroatoms. The maximum Gasteiger partial charge on any atom is 0.232 e. The first kappa shape index (κ1) is 16.5. The number of carbonyl (C=O) groups is 1. The third-order valence-electron chi connectivity index (χ3n) is 3.05. The molecule has 0 radical (unpaired) electrons. The lowest BCUT2D eigenvalue weighted by Gasteiger charge is -2.26. The molecular formula is C14H22N2O3S. The SMILES string of the molecule is CCC(=O)NCCN(c1c(C)cccc1C)S(C)(=O)=O. The predicted molar refractivity (Wildman–Crippen MR) is 81.4 cm³/mol. The van der Waals surface area contributed by atoms with Gasteiger partial charge in [0.2, 0.25) is 15.9 Å². The molecule has 20 heavy (non-hydrogen) atoms. The Morgan fingerprint density at radius 1 is 1.25 bits per heavy atom. The topological polar surface area (TPSA) is 66.5 Å². The molecule has 0 heterocycles. The Bertz CT molecular complexity index is 562. The summed E-state index contributed by atoms with van der Waals surface area (Å²) in [5.74, 6) is -0.0834. The standard InChI is InChI=1S/C14H22N2O3S/c1-5-13(17)15-9-10-16(20(4,18)19)14-11(2)7-6-8-12(14)3/h6-8H,5,9-10H2,1-4H3,(H,15,17). The number of hydrogen-bond donors (Lipinski definition) is 1. The second-order valence-electron chi connectivity index (χ2n) is 4.78. The number of para-hydroxylation sites is 1.